The molecule has 2 aromatic rings. The Morgan fingerprint density at radius 3 is 2.80 bits per heavy atom. The summed E-state index contributed by atoms with van der Waals surface area (Å²) in [6.45, 7) is 2.09. The average molecular weight is 272 g/mol. The Morgan fingerprint density at radius 1 is 1.30 bits per heavy atom. The van der Waals surface area contributed by atoms with Gasteiger partial charge in [-0.3, -0.25) is 4.79 Å². The Hall–Kier alpha value is -1.88. The molecule has 0 bridgehead atoms. The first-order valence-corrected chi connectivity index (χ1v) is 7.04. The Kier molecular flexibility index (Phi) is 3.44. The third-order valence-electron chi connectivity index (χ3n) is 4.04. The summed E-state index contributed by atoms with van der Waals surface area (Å²) in [6.07, 6.45) is 3.82. The van der Waals surface area contributed by atoms with Crippen LogP contribution in [0.3, 0.4) is 0 Å². The van der Waals surface area contributed by atoms with E-state index < -0.39 is 0 Å². The Balaban J connectivity index is 1.73. The first-order valence-electron chi connectivity index (χ1n) is 7.04. The molecule has 0 saturated carbocycles. The smallest absolute Gasteiger partial charge is 0.251 e. The fourth-order valence-corrected chi connectivity index (χ4v) is 2.69. The number of likely N-dealkylation sites (tertiary alicyclic amines) is 1. The second kappa shape index (κ2) is 5.25. The molecule has 0 radical (unpaired) electrons. The molecule has 1 aliphatic rings. The lowest BCUT2D eigenvalue weighted by atomic mass is 10.0. The zero-order chi connectivity index (χ0) is 14.1. The summed E-state index contributed by atoms with van der Waals surface area (Å²) >= 11 is 0. The molecule has 1 aromatic heterocycles. The minimum absolute atomic E-state index is 0.0163. The lowest BCUT2D eigenvalue weighted by Crippen LogP contribution is -2.43. The summed E-state index contributed by atoms with van der Waals surface area (Å²) in [4.78, 5) is 18.9. The highest BCUT2D eigenvalue weighted by molar-refractivity contribution is 5.97. The van der Waals surface area contributed by atoms with E-state index in [0.717, 1.165) is 37.0 Å². The average Bonchev–Trinajstić information content (AvgIpc) is 2.82. The molecule has 1 amide bonds. The highest BCUT2D eigenvalue weighted by Crippen LogP contribution is 2.15. The number of carbonyl (C=O) groups is 1. The van der Waals surface area contributed by atoms with Crippen molar-refractivity contribution in [1.29, 1.82) is 0 Å². The highest BCUT2D eigenvalue weighted by atomic mass is 16.1. The second-order valence-electron chi connectivity index (χ2n) is 5.61. The summed E-state index contributed by atoms with van der Waals surface area (Å²) in [6, 6.07) is 5.95. The number of imidazole rings is 1. The summed E-state index contributed by atoms with van der Waals surface area (Å²) in [5.41, 5.74) is 2.62. The van der Waals surface area contributed by atoms with E-state index in [2.05, 4.69) is 22.2 Å². The van der Waals surface area contributed by atoms with Gasteiger partial charge in [-0.25, -0.2) is 4.98 Å². The third kappa shape index (κ3) is 2.54. The van der Waals surface area contributed by atoms with Crippen LogP contribution in [-0.2, 0) is 7.05 Å². The molecule has 20 heavy (non-hydrogen) atoms. The molecule has 1 aromatic carbocycles. The van der Waals surface area contributed by atoms with Gasteiger partial charge in [0.15, 0.2) is 0 Å². The van der Waals surface area contributed by atoms with Gasteiger partial charge in [0.2, 0.25) is 0 Å². The molecule has 1 saturated heterocycles. The number of aryl methyl sites for hydroxylation is 1. The summed E-state index contributed by atoms with van der Waals surface area (Å²) < 4.78 is 1.93. The van der Waals surface area contributed by atoms with Gasteiger partial charge >= 0.3 is 0 Å². The standard InChI is InChI=1S/C15H20N4O/c1-18-7-5-12(6-8-18)17-15(20)11-3-4-13-14(9-11)19(2)10-16-13/h3-4,9-10,12H,5-8H2,1-2H3,(H,17,20). The lowest BCUT2D eigenvalue weighted by molar-refractivity contribution is 0.0917. The van der Waals surface area contributed by atoms with Crippen molar-refractivity contribution >= 4 is 16.9 Å². The molecule has 1 aliphatic heterocycles. The van der Waals surface area contributed by atoms with Crippen molar-refractivity contribution in [1.82, 2.24) is 19.8 Å². The molecule has 0 aliphatic carbocycles. The van der Waals surface area contributed by atoms with Crippen LogP contribution in [0.5, 0.6) is 0 Å². The van der Waals surface area contributed by atoms with E-state index in [9.17, 15) is 4.79 Å². The number of nitrogens with one attached hydrogen (secondary N) is 1. The summed E-state index contributed by atoms with van der Waals surface area (Å²) in [5, 5.41) is 3.14. The van der Waals surface area contributed by atoms with Crippen molar-refractivity contribution in [3.8, 4) is 0 Å². The van der Waals surface area contributed by atoms with Gasteiger partial charge < -0.3 is 14.8 Å². The predicted octanol–water partition coefficient (Wildman–Crippen LogP) is 1.40. The van der Waals surface area contributed by atoms with Gasteiger partial charge in [-0.05, 0) is 51.2 Å². The molecule has 1 N–H and O–H groups in total. The van der Waals surface area contributed by atoms with E-state index in [1.165, 1.54) is 0 Å². The normalized spacial score (nSPS) is 17.5. The minimum atomic E-state index is 0.0163. The maximum Gasteiger partial charge on any atom is 0.251 e. The first kappa shape index (κ1) is 13.1. The topological polar surface area (TPSA) is 50.2 Å². The van der Waals surface area contributed by atoms with Crippen molar-refractivity contribution < 1.29 is 4.79 Å². The van der Waals surface area contributed by atoms with Gasteiger partial charge in [-0.1, -0.05) is 0 Å². The number of hydrogen-bond acceptors (Lipinski definition) is 3. The van der Waals surface area contributed by atoms with E-state index in [1.807, 2.05) is 29.8 Å². The van der Waals surface area contributed by atoms with Crippen LogP contribution in [0.15, 0.2) is 24.5 Å². The lowest BCUT2D eigenvalue weighted by Gasteiger charge is -2.29. The number of aromatic nitrogens is 2. The molecule has 106 valence electrons. The Labute approximate surface area is 118 Å². The van der Waals surface area contributed by atoms with Crippen LogP contribution >= 0.6 is 0 Å². The van der Waals surface area contributed by atoms with E-state index in [0.29, 0.717) is 11.6 Å². The molecule has 0 unspecified atom stereocenters. The van der Waals surface area contributed by atoms with Crippen LogP contribution in [0.2, 0.25) is 0 Å². The molecule has 5 heteroatoms. The first-order chi connectivity index (χ1) is 9.63. The Bertz CT molecular complexity index is 626. The fraction of sp³-hybridized carbons (Fsp3) is 0.467. The predicted molar refractivity (Wildman–Crippen MR) is 78.7 cm³/mol. The summed E-state index contributed by atoms with van der Waals surface area (Å²) in [7, 11) is 4.06. The van der Waals surface area contributed by atoms with Gasteiger partial charge in [0, 0.05) is 18.7 Å². The number of piperidine rings is 1. The quantitative estimate of drug-likeness (QED) is 0.899. The van der Waals surface area contributed by atoms with Crippen molar-refractivity contribution in [2.45, 2.75) is 18.9 Å². The summed E-state index contributed by atoms with van der Waals surface area (Å²) in [5.74, 6) is 0.0163. The largest absolute Gasteiger partial charge is 0.349 e. The van der Waals surface area contributed by atoms with Crippen molar-refractivity contribution in [3.05, 3.63) is 30.1 Å². The molecule has 2 heterocycles. The zero-order valence-corrected chi connectivity index (χ0v) is 12.0. The molecular weight excluding hydrogens is 252 g/mol. The number of benzene rings is 1. The number of nitrogens with zero attached hydrogens (tertiary/aromatic N) is 3. The van der Waals surface area contributed by atoms with Crippen molar-refractivity contribution in [2.24, 2.45) is 7.05 Å². The molecular formula is C15H20N4O. The maximum atomic E-state index is 12.3. The minimum Gasteiger partial charge on any atom is -0.349 e. The van der Waals surface area contributed by atoms with Gasteiger partial charge in [0.25, 0.3) is 5.91 Å². The fourth-order valence-electron chi connectivity index (χ4n) is 2.69. The molecule has 1 fully saturated rings. The molecule has 0 atom stereocenters. The van der Waals surface area contributed by atoms with Gasteiger partial charge in [0.1, 0.15) is 0 Å². The van der Waals surface area contributed by atoms with Crippen molar-refractivity contribution in [3.63, 3.8) is 0 Å². The molecule has 5 nitrogen and oxygen atoms in total. The second-order valence-corrected chi connectivity index (χ2v) is 5.61. The number of fused-ring (bicyclic) bond motifs is 1. The Morgan fingerprint density at radius 2 is 2.05 bits per heavy atom. The monoisotopic (exact) mass is 272 g/mol. The highest BCUT2D eigenvalue weighted by Gasteiger charge is 2.19. The number of carbonyl (C=O) groups excluding carboxylic acids is 1. The van der Waals surface area contributed by atoms with Crippen LogP contribution in [0.4, 0.5) is 0 Å². The van der Waals surface area contributed by atoms with Gasteiger partial charge in [-0.2, -0.15) is 0 Å². The number of hydrogen-bond donors (Lipinski definition) is 1. The van der Waals surface area contributed by atoms with Crippen LogP contribution in [0.25, 0.3) is 11.0 Å². The van der Waals surface area contributed by atoms with Crippen LogP contribution in [-0.4, -0.2) is 46.5 Å². The van der Waals surface area contributed by atoms with Crippen molar-refractivity contribution in [2.75, 3.05) is 20.1 Å². The number of rotatable bonds is 2. The SMILES string of the molecule is CN1CCC(NC(=O)c2ccc3ncn(C)c3c2)CC1. The van der Waals surface area contributed by atoms with E-state index >= 15 is 0 Å². The molecule has 0 spiro atoms. The van der Waals surface area contributed by atoms with Crippen LogP contribution in [0.1, 0.15) is 23.2 Å². The van der Waals surface area contributed by atoms with Gasteiger partial charge in [0.05, 0.1) is 17.4 Å². The molecule has 3 rings (SSSR count). The van der Waals surface area contributed by atoms with Crippen LogP contribution < -0.4 is 5.32 Å². The van der Waals surface area contributed by atoms with Gasteiger partial charge in [-0.15, -0.1) is 0 Å². The zero-order valence-electron chi connectivity index (χ0n) is 12.0. The van der Waals surface area contributed by atoms with Crippen LogP contribution in [0, 0.1) is 0 Å². The third-order valence-corrected chi connectivity index (χ3v) is 4.04. The van der Waals surface area contributed by atoms with E-state index in [1.54, 1.807) is 6.33 Å². The maximum absolute atomic E-state index is 12.3. The van der Waals surface area contributed by atoms with E-state index in [4.69, 9.17) is 0 Å². The number of amides is 1. The van der Waals surface area contributed by atoms with E-state index in [-0.39, 0.29) is 5.91 Å².